The molecule has 10 nitrogen and oxygen atoms in total. The summed E-state index contributed by atoms with van der Waals surface area (Å²) in [5, 5.41) is 6.99. The molecule has 0 saturated carbocycles. The van der Waals surface area contributed by atoms with E-state index in [1.807, 2.05) is 18.9 Å². The van der Waals surface area contributed by atoms with Gasteiger partial charge >= 0.3 is 6.03 Å². The smallest absolute Gasteiger partial charge is 0.339 e. The molecule has 1 saturated heterocycles. The van der Waals surface area contributed by atoms with Crippen LogP contribution in [0, 0.1) is 0 Å². The Hall–Kier alpha value is -2.53. The van der Waals surface area contributed by atoms with Gasteiger partial charge in [0, 0.05) is 39.8 Å². The minimum atomic E-state index is -3.76. The van der Waals surface area contributed by atoms with Crippen LogP contribution in [0.3, 0.4) is 0 Å². The normalized spacial score (nSPS) is 14.7. The molecule has 0 unspecified atom stereocenters. The Kier molecular flexibility index (Phi) is 15.9. The van der Waals surface area contributed by atoms with E-state index in [2.05, 4.69) is 34.6 Å². The molecule has 41 heavy (non-hydrogen) atoms. The van der Waals surface area contributed by atoms with Crippen molar-refractivity contribution in [1.29, 1.82) is 0 Å². The second-order valence-electron chi connectivity index (χ2n) is 10.8. The maximum absolute atomic E-state index is 13.8. The first kappa shape index (κ1) is 34.7. The van der Waals surface area contributed by atoms with Gasteiger partial charge in [-0.05, 0) is 38.0 Å². The fraction of sp³-hybridized carbons (Fsp3) is 0.733. The number of benzene rings is 1. The van der Waals surface area contributed by atoms with Gasteiger partial charge in [0.15, 0.2) is 0 Å². The summed E-state index contributed by atoms with van der Waals surface area (Å²) >= 11 is 0. The summed E-state index contributed by atoms with van der Waals surface area (Å²) in [7, 11) is -0.344. The molecule has 0 bridgehead atoms. The molecule has 0 aliphatic carbocycles. The number of urea groups is 1. The molecule has 0 spiro atoms. The van der Waals surface area contributed by atoms with Gasteiger partial charge in [-0.2, -0.15) is 4.31 Å². The van der Waals surface area contributed by atoms with E-state index in [1.165, 1.54) is 51.7 Å². The van der Waals surface area contributed by atoms with Crippen molar-refractivity contribution in [2.24, 2.45) is 5.10 Å². The van der Waals surface area contributed by atoms with Crippen molar-refractivity contribution < 1.29 is 17.9 Å². The van der Waals surface area contributed by atoms with Crippen LogP contribution in [0.25, 0.3) is 0 Å². The molecule has 2 amide bonds. The minimum absolute atomic E-state index is 0.143. The Morgan fingerprint density at radius 3 is 2.07 bits per heavy atom. The lowest BCUT2D eigenvalue weighted by atomic mass is 10.1. The van der Waals surface area contributed by atoms with Crippen molar-refractivity contribution >= 4 is 27.7 Å². The molecule has 1 aliphatic heterocycles. The summed E-state index contributed by atoms with van der Waals surface area (Å²) in [4.78, 5) is 16.9. The molecule has 234 valence electrons. The number of sulfonamides is 1. The highest BCUT2D eigenvalue weighted by molar-refractivity contribution is 7.89. The first-order valence-corrected chi connectivity index (χ1v) is 17.0. The van der Waals surface area contributed by atoms with Gasteiger partial charge in [-0.3, -0.25) is 0 Å². The number of hydrazone groups is 1. The Morgan fingerprint density at radius 1 is 0.927 bits per heavy atom. The fourth-order valence-corrected chi connectivity index (χ4v) is 6.55. The largest absolute Gasteiger partial charge is 0.495 e. The monoisotopic (exact) mass is 594 g/mol. The van der Waals surface area contributed by atoms with Crippen LogP contribution in [0.2, 0.25) is 0 Å². The number of carbonyl (C=O) groups is 1. The SMILES string of the molecule is CCCCCCCCN(CCCCCCCC)S(=O)(=O)c1ccc(OC)c(NC(=O)N/N=C2/N(C)CCN2CC)c1. The number of anilines is 1. The quantitative estimate of drug-likeness (QED) is 0.140. The highest BCUT2D eigenvalue weighted by atomic mass is 32.2. The van der Waals surface area contributed by atoms with Gasteiger partial charge in [0.2, 0.25) is 16.0 Å². The summed E-state index contributed by atoms with van der Waals surface area (Å²) in [5.74, 6) is 1.06. The van der Waals surface area contributed by atoms with Crippen LogP contribution < -0.4 is 15.5 Å². The maximum Gasteiger partial charge on any atom is 0.339 e. The molecule has 0 atom stereocenters. The molecule has 1 aromatic carbocycles. The van der Waals surface area contributed by atoms with Crippen LogP contribution in [0.4, 0.5) is 10.5 Å². The summed E-state index contributed by atoms with van der Waals surface area (Å²) in [5.41, 5.74) is 2.81. The number of amides is 2. The Morgan fingerprint density at radius 2 is 1.51 bits per heavy atom. The van der Waals surface area contributed by atoms with E-state index in [0.717, 1.165) is 58.2 Å². The molecule has 11 heteroatoms. The van der Waals surface area contributed by atoms with E-state index in [-0.39, 0.29) is 10.6 Å². The highest BCUT2D eigenvalue weighted by Gasteiger charge is 2.26. The number of hydrogen-bond acceptors (Lipinski definition) is 5. The van der Waals surface area contributed by atoms with E-state index < -0.39 is 16.1 Å². The average Bonchev–Trinajstić information content (AvgIpc) is 3.33. The Balaban J connectivity index is 2.15. The van der Waals surface area contributed by atoms with Crippen molar-refractivity contribution in [3.05, 3.63) is 18.2 Å². The summed E-state index contributed by atoms with van der Waals surface area (Å²) in [6.45, 7) is 9.88. The lowest BCUT2D eigenvalue weighted by Gasteiger charge is -2.23. The van der Waals surface area contributed by atoms with Gasteiger partial charge < -0.3 is 19.9 Å². The predicted molar refractivity (Wildman–Crippen MR) is 168 cm³/mol. The van der Waals surface area contributed by atoms with Gasteiger partial charge in [-0.1, -0.05) is 78.1 Å². The molecule has 1 heterocycles. The molecule has 1 fully saturated rings. The lowest BCUT2D eigenvalue weighted by Crippen LogP contribution is -2.35. The number of nitrogens with zero attached hydrogens (tertiary/aromatic N) is 4. The van der Waals surface area contributed by atoms with Crippen molar-refractivity contribution in [3.63, 3.8) is 0 Å². The van der Waals surface area contributed by atoms with Gasteiger partial charge in [0.25, 0.3) is 0 Å². The summed E-state index contributed by atoms with van der Waals surface area (Å²) in [6.07, 6.45) is 13.2. The van der Waals surface area contributed by atoms with E-state index in [1.54, 1.807) is 16.4 Å². The molecular weight excluding hydrogens is 540 g/mol. The second kappa shape index (κ2) is 18.8. The average molecular weight is 595 g/mol. The molecule has 1 aliphatic rings. The molecule has 0 aromatic heterocycles. The van der Waals surface area contributed by atoms with Crippen LogP contribution in [0.5, 0.6) is 5.75 Å². The number of ether oxygens (including phenoxy) is 1. The van der Waals surface area contributed by atoms with Crippen LogP contribution in [-0.2, 0) is 10.0 Å². The summed E-state index contributed by atoms with van der Waals surface area (Å²) < 4.78 is 34.7. The van der Waals surface area contributed by atoms with Crippen molar-refractivity contribution in [2.45, 2.75) is 103 Å². The van der Waals surface area contributed by atoms with E-state index in [0.29, 0.717) is 24.8 Å². The number of guanidine groups is 1. The zero-order valence-electron chi connectivity index (χ0n) is 26.1. The Labute approximate surface area is 248 Å². The van der Waals surface area contributed by atoms with Crippen LogP contribution >= 0.6 is 0 Å². The van der Waals surface area contributed by atoms with Gasteiger partial charge in [-0.25, -0.2) is 18.6 Å². The van der Waals surface area contributed by atoms with Crippen LogP contribution in [-0.4, -0.2) is 81.4 Å². The highest BCUT2D eigenvalue weighted by Crippen LogP contribution is 2.29. The second-order valence-corrected chi connectivity index (χ2v) is 12.7. The van der Waals surface area contributed by atoms with Crippen LogP contribution in [0.15, 0.2) is 28.2 Å². The number of carbonyl (C=O) groups excluding carboxylic acids is 1. The number of methoxy groups -OCH3 is 1. The van der Waals surface area contributed by atoms with E-state index in [4.69, 9.17) is 4.74 Å². The summed E-state index contributed by atoms with van der Waals surface area (Å²) in [6, 6.07) is 4.06. The number of likely N-dealkylation sites (N-methyl/N-ethyl adjacent to an activating group) is 2. The molecule has 2 N–H and O–H groups in total. The third-order valence-electron chi connectivity index (χ3n) is 7.55. The zero-order chi connectivity index (χ0) is 30.1. The van der Waals surface area contributed by atoms with Crippen molar-refractivity contribution in [3.8, 4) is 5.75 Å². The topological polar surface area (TPSA) is 107 Å². The number of hydrogen-bond donors (Lipinski definition) is 2. The minimum Gasteiger partial charge on any atom is -0.495 e. The van der Waals surface area contributed by atoms with Gasteiger partial charge in [0.05, 0.1) is 17.7 Å². The van der Waals surface area contributed by atoms with Gasteiger partial charge in [-0.15, -0.1) is 5.10 Å². The predicted octanol–water partition coefficient (Wildman–Crippen LogP) is 6.07. The lowest BCUT2D eigenvalue weighted by molar-refractivity contribution is 0.252. The van der Waals surface area contributed by atoms with Crippen molar-refractivity contribution in [2.75, 3.05) is 52.2 Å². The molecule has 0 radical (unpaired) electrons. The first-order chi connectivity index (χ1) is 19.8. The van der Waals surface area contributed by atoms with Crippen molar-refractivity contribution in [1.82, 2.24) is 19.5 Å². The zero-order valence-corrected chi connectivity index (χ0v) is 26.9. The molecule has 1 aromatic rings. The maximum atomic E-state index is 13.8. The molecule has 2 rings (SSSR count). The van der Waals surface area contributed by atoms with Gasteiger partial charge in [0.1, 0.15) is 5.75 Å². The third-order valence-corrected chi connectivity index (χ3v) is 9.44. The first-order valence-electron chi connectivity index (χ1n) is 15.6. The number of rotatable bonds is 20. The van der Waals surface area contributed by atoms with Crippen LogP contribution in [0.1, 0.15) is 97.8 Å². The van der Waals surface area contributed by atoms with E-state index >= 15 is 0 Å². The van der Waals surface area contributed by atoms with E-state index in [9.17, 15) is 13.2 Å². The fourth-order valence-electron chi connectivity index (χ4n) is 5.00. The number of nitrogens with one attached hydrogen (secondary N) is 2. The Bertz CT molecular complexity index is 1030. The third kappa shape index (κ3) is 11.3. The standard InChI is InChI=1S/C30H54N6O4S/c1-6-9-11-13-15-17-21-36(22-18-16-14-12-10-7-2)41(38,39)26-19-20-28(40-5)27(25-26)31-29(37)32-33-30-34(4)23-24-35(30)8-3/h19-20,25H,6-18,21-24H2,1-5H3,(H2,31,32,37)/b33-30-. The molecular formula is C30H54N6O4S. The number of unbranched alkanes of at least 4 members (excludes halogenated alkanes) is 10.